The minimum atomic E-state index is -4.46. The predicted molar refractivity (Wildman–Crippen MR) is 115 cm³/mol. The zero-order valence-corrected chi connectivity index (χ0v) is 17.7. The molecule has 32 heavy (non-hydrogen) atoms. The van der Waals surface area contributed by atoms with Crippen LogP contribution in [-0.4, -0.2) is 29.5 Å². The molecule has 2 N–H and O–H groups in total. The molecule has 8 heteroatoms. The Labute approximate surface area is 183 Å². The number of halogens is 4. The lowest BCUT2D eigenvalue weighted by Gasteiger charge is -2.16. The van der Waals surface area contributed by atoms with Crippen molar-refractivity contribution in [1.29, 1.82) is 0 Å². The van der Waals surface area contributed by atoms with Crippen molar-refractivity contribution < 1.29 is 37.3 Å². The van der Waals surface area contributed by atoms with E-state index in [1.807, 2.05) is 13.8 Å². The second kappa shape index (κ2) is 10.8. The monoisotopic (exact) mass is 452 g/mol. The first-order valence-electron chi connectivity index (χ1n) is 9.84. The van der Waals surface area contributed by atoms with Crippen molar-refractivity contribution in [2.75, 3.05) is 13.3 Å². The molecule has 0 aliphatic rings. The Kier molecular flexibility index (Phi) is 8.46. The number of ether oxygens (including phenoxy) is 1. The second-order valence-corrected chi connectivity index (χ2v) is 7.30. The van der Waals surface area contributed by atoms with E-state index in [1.165, 1.54) is 30.4 Å². The van der Waals surface area contributed by atoms with Crippen LogP contribution in [0.3, 0.4) is 0 Å². The quantitative estimate of drug-likeness (QED) is 0.197. The number of alkyl halides is 4. The Morgan fingerprint density at radius 1 is 1.12 bits per heavy atom. The number of phenols is 1. The number of hydrogen-bond donors (Lipinski definition) is 2. The highest BCUT2D eigenvalue weighted by Gasteiger charge is 2.29. The molecule has 0 spiro atoms. The number of aromatic hydroxyl groups is 1. The maximum atomic E-state index is 12.7. The summed E-state index contributed by atoms with van der Waals surface area (Å²) in [5, 5.41) is 20.3. The van der Waals surface area contributed by atoms with Crippen molar-refractivity contribution in [3.05, 3.63) is 69.8 Å². The summed E-state index contributed by atoms with van der Waals surface area (Å²) < 4.78 is 56.3. The van der Waals surface area contributed by atoms with Gasteiger partial charge < -0.3 is 14.9 Å². The lowest BCUT2D eigenvalue weighted by Crippen LogP contribution is -2.07. The van der Waals surface area contributed by atoms with Crippen LogP contribution in [0.1, 0.15) is 52.9 Å². The third kappa shape index (κ3) is 6.60. The summed E-state index contributed by atoms with van der Waals surface area (Å²) in [6.07, 6.45) is 0.474. The number of benzene rings is 2. The summed E-state index contributed by atoms with van der Waals surface area (Å²) in [4.78, 5) is 11.8. The molecule has 0 amide bonds. The standard InChI is InChI=1S/C24H24F4O4/c1-15(2)4-11-19-20(32-13-3-12-25)14-17(21(22(19)29)23(30)31)8-5-16-6-9-18(10-7-16)24(26,27)28/h4-10,14,29H,3,11-13H2,1-2H3,(H,30,31)/b8-5+. The number of carboxylic acids is 1. The summed E-state index contributed by atoms with van der Waals surface area (Å²) in [6.45, 7) is 3.13. The highest BCUT2D eigenvalue weighted by Crippen LogP contribution is 2.37. The van der Waals surface area contributed by atoms with E-state index in [1.54, 1.807) is 6.08 Å². The van der Waals surface area contributed by atoms with Crippen molar-refractivity contribution in [1.82, 2.24) is 0 Å². The van der Waals surface area contributed by atoms with Crippen LogP contribution in [0.25, 0.3) is 12.2 Å². The van der Waals surface area contributed by atoms with Crippen molar-refractivity contribution in [2.45, 2.75) is 32.9 Å². The van der Waals surface area contributed by atoms with Gasteiger partial charge in [-0.25, -0.2) is 4.79 Å². The molecule has 2 aromatic rings. The molecule has 0 saturated heterocycles. The normalized spacial score (nSPS) is 11.6. The van der Waals surface area contributed by atoms with Crippen LogP contribution in [0.2, 0.25) is 0 Å². The minimum absolute atomic E-state index is 0.0340. The molecule has 0 aliphatic carbocycles. The van der Waals surface area contributed by atoms with E-state index < -0.39 is 30.1 Å². The Hall–Kier alpha value is -3.29. The lowest BCUT2D eigenvalue weighted by atomic mass is 9.97. The molecular weight excluding hydrogens is 428 g/mol. The Balaban J connectivity index is 2.51. The van der Waals surface area contributed by atoms with Crippen LogP contribution in [-0.2, 0) is 12.6 Å². The summed E-state index contributed by atoms with van der Waals surface area (Å²) >= 11 is 0. The topological polar surface area (TPSA) is 66.8 Å². The number of aromatic carboxylic acids is 1. The zero-order chi connectivity index (χ0) is 23.9. The van der Waals surface area contributed by atoms with Crippen molar-refractivity contribution in [3.8, 4) is 11.5 Å². The van der Waals surface area contributed by atoms with E-state index in [0.717, 1.165) is 17.7 Å². The van der Waals surface area contributed by atoms with Gasteiger partial charge in [-0.2, -0.15) is 13.2 Å². The molecule has 0 unspecified atom stereocenters. The predicted octanol–water partition coefficient (Wildman–Crippen LogP) is 6.53. The van der Waals surface area contributed by atoms with Gasteiger partial charge in [-0.1, -0.05) is 35.9 Å². The largest absolute Gasteiger partial charge is 0.507 e. The molecular formula is C24H24F4O4. The molecule has 172 valence electrons. The zero-order valence-electron chi connectivity index (χ0n) is 17.7. The van der Waals surface area contributed by atoms with E-state index in [0.29, 0.717) is 5.56 Å². The highest BCUT2D eigenvalue weighted by molar-refractivity contribution is 5.97. The average Bonchev–Trinajstić information content (AvgIpc) is 2.71. The van der Waals surface area contributed by atoms with Gasteiger partial charge in [0.05, 0.1) is 18.8 Å². The van der Waals surface area contributed by atoms with Crippen LogP contribution in [0.15, 0.2) is 42.0 Å². The van der Waals surface area contributed by atoms with Crippen molar-refractivity contribution in [3.63, 3.8) is 0 Å². The van der Waals surface area contributed by atoms with Crippen LogP contribution >= 0.6 is 0 Å². The van der Waals surface area contributed by atoms with Crippen LogP contribution in [0.4, 0.5) is 17.6 Å². The molecule has 2 rings (SSSR count). The number of carboxylic acid groups (broad SMARTS) is 1. The molecule has 0 saturated carbocycles. The SMILES string of the molecule is CC(C)=CCc1c(OCCCF)cc(/C=C/c2ccc(C(F)(F)F)cc2)c(C(=O)O)c1O. The minimum Gasteiger partial charge on any atom is -0.507 e. The van der Waals surface area contributed by atoms with E-state index in [2.05, 4.69) is 0 Å². The van der Waals surface area contributed by atoms with Gasteiger partial charge in [0, 0.05) is 12.0 Å². The molecule has 0 radical (unpaired) electrons. The highest BCUT2D eigenvalue weighted by atomic mass is 19.4. The fourth-order valence-electron chi connectivity index (χ4n) is 2.90. The fourth-order valence-corrected chi connectivity index (χ4v) is 2.90. The first-order chi connectivity index (χ1) is 15.0. The Bertz CT molecular complexity index is 1000. The average molecular weight is 452 g/mol. The van der Waals surface area contributed by atoms with Crippen LogP contribution in [0, 0.1) is 0 Å². The number of carbonyl (C=O) groups is 1. The summed E-state index contributed by atoms with van der Waals surface area (Å²) in [6, 6.07) is 5.77. The number of rotatable bonds is 9. The lowest BCUT2D eigenvalue weighted by molar-refractivity contribution is -0.137. The molecule has 2 aromatic carbocycles. The van der Waals surface area contributed by atoms with Gasteiger partial charge in [0.1, 0.15) is 17.1 Å². The Morgan fingerprint density at radius 2 is 1.78 bits per heavy atom. The van der Waals surface area contributed by atoms with Gasteiger partial charge >= 0.3 is 12.1 Å². The van der Waals surface area contributed by atoms with E-state index in [9.17, 15) is 32.6 Å². The first kappa shape index (κ1) is 25.0. The Morgan fingerprint density at radius 3 is 2.31 bits per heavy atom. The number of allylic oxidation sites excluding steroid dienone is 2. The van der Waals surface area contributed by atoms with Gasteiger partial charge in [-0.3, -0.25) is 4.39 Å². The molecule has 0 heterocycles. The first-order valence-corrected chi connectivity index (χ1v) is 9.84. The smallest absolute Gasteiger partial charge is 0.416 e. The van der Waals surface area contributed by atoms with Gasteiger partial charge in [0.25, 0.3) is 0 Å². The van der Waals surface area contributed by atoms with E-state index in [-0.39, 0.29) is 41.9 Å². The van der Waals surface area contributed by atoms with Crippen molar-refractivity contribution >= 4 is 18.1 Å². The number of hydrogen-bond acceptors (Lipinski definition) is 3. The van der Waals surface area contributed by atoms with Gasteiger partial charge in [-0.05, 0) is 49.6 Å². The molecule has 4 nitrogen and oxygen atoms in total. The van der Waals surface area contributed by atoms with Gasteiger partial charge in [0.2, 0.25) is 0 Å². The molecule has 0 aromatic heterocycles. The van der Waals surface area contributed by atoms with E-state index >= 15 is 0 Å². The maximum absolute atomic E-state index is 12.7. The fraction of sp³-hybridized carbons (Fsp3) is 0.292. The van der Waals surface area contributed by atoms with Gasteiger partial charge in [0.15, 0.2) is 0 Å². The van der Waals surface area contributed by atoms with E-state index in [4.69, 9.17) is 4.74 Å². The van der Waals surface area contributed by atoms with Gasteiger partial charge in [-0.15, -0.1) is 0 Å². The summed E-state index contributed by atoms with van der Waals surface area (Å²) in [5.41, 5.74) is 0.554. The third-order valence-electron chi connectivity index (χ3n) is 4.55. The summed E-state index contributed by atoms with van der Waals surface area (Å²) in [5.74, 6) is -1.63. The molecule has 0 atom stereocenters. The second-order valence-electron chi connectivity index (χ2n) is 7.30. The van der Waals surface area contributed by atoms with Crippen molar-refractivity contribution in [2.24, 2.45) is 0 Å². The van der Waals surface area contributed by atoms with Crippen LogP contribution < -0.4 is 4.74 Å². The maximum Gasteiger partial charge on any atom is 0.416 e. The molecule has 0 aliphatic heterocycles. The third-order valence-corrected chi connectivity index (χ3v) is 4.55. The molecule has 0 bridgehead atoms. The molecule has 0 fully saturated rings. The van der Waals surface area contributed by atoms with Crippen LogP contribution in [0.5, 0.6) is 11.5 Å². The summed E-state index contributed by atoms with van der Waals surface area (Å²) in [7, 11) is 0.